The Morgan fingerprint density at radius 3 is 2.71 bits per heavy atom. The van der Waals surface area contributed by atoms with E-state index in [2.05, 4.69) is 20.8 Å². The van der Waals surface area contributed by atoms with Crippen LogP contribution in [0.1, 0.15) is 12.5 Å². The fourth-order valence-corrected chi connectivity index (χ4v) is 2.25. The van der Waals surface area contributed by atoms with Crippen LogP contribution >= 0.6 is 0 Å². The molecule has 1 heterocycles. The van der Waals surface area contributed by atoms with E-state index in [0.717, 1.165) is 22.3 Å². The van der Waals surface area contributed by atoms with Crippen molar-refractivity contribution in [3.8, 4) is 5.75 Å². The van der Waals surface area contributed by atoms with Crippen molar-refractivity contribution in [2.24, 2.45) is 5.10 Å². The molecule has 0 spiro atoms. The van der Waals surface area contributed by atoms with Crippen molar-refractivity contribution in [1.29, 1.82) is 0 Å². The molecule has 1 amide bonds. The average Bonchev–Trinajstić information content (AvgIpc) is 3.03. The zero-order valence-corrected chi connectivity index (χ0v) is 13.4. The molecule has 7 nitrogen and oxygen atoms in total. The third kappa shape index (κ3) is 3.40. The number of ether oxygens (including phenoxy) is 1. The van der Waals surface area contributed by atoms with E-state index in [-0.39, 0.29) is 12.5 Å². The van der Waals surface area contributed by atoms with E-state index in [0.29, 0.717) is 5.71 Å². The second-order valence-corrected chi connectivity index (χ2v) is 5.20. The lowest BCUT2D eigenvalue weighted by atomic mass is 10.1. The van der Waals surface area contributed by atoms with Gasteiger partial charge in [0, 0.05) is 0 Å². The van der Waals surface area contributed by atoms with Gasteiger partial charge in [0.15, 0.2) is 0 Å². The van der Waals surface area contributed by atoms with Crippen LogP contribution in [-0.2, 0) is 11.3 Å². The van der Waals surface area contributed by atoms with Crippen LogP contribution in [0.3, 0.4) is 0 Å². The van der Waals surface area contributed by atoms with Crippen LogP contribution in [0.25, 0.3) is 11.0 Å². The predicted molar refractivity (Wildman–Crippen MR) is 90.9 cm³/mol. The Morgan fingerprint density at radius 1 is 1.21 bits per heavy atom. The second kappa shape index (κ2) is 6.91. The Morgan fingerprint density at radius 2 is 1.96 bits per heavy atom. The molecule has 0 atom stereocenters. The normalized spacial score (nSPS) is 11.5. The summed E-state index contributed by atoms with van der Waals surface area (Å²) in [5.41, 5.74) is 5.71. The number of hydrogen-bond donors (Lipinski definition) is 1. The van der Waals surface area contributed by atoms with E-state index in [9.17, 15) is 4.79 Å². The number of carbonyl (C=O) groups excluding carboxylic acids is 1. The Balaban J connectivity index is 1.65. The second-order valence-electron chi connectivity index (χ2n) is 5.20. The van der Waals surface area contributed by atoms with E-state index < -0.39 is 0 Å². The molecule has 0 aliphatic rings. The number of hydrogen-bond acceptors (Lipinski definition) is 5. The number of amides is 1. The lowest BCUT2D eigenvalue weighted by molar-refractivity contribution is -0.121. The number of fused-ring (bicyclic) bond motifs is 1. The van der Waals surface area contributed by atoms with Crippen molar-refractivity contribution in [1.82, 2.24) is 20.4 Å². The van der Waals surface area contributed by atoms with Crippen molar-refractivity contribution in [3.63, 3.8) is 0 Å². The molecule has 2 aromatic carbocycles. The molecule has 3 rings (SSSR count). The molecule has 0 unspecified atom stereocenters. The summed E-state index contributed by atoms with van der Waals surface area (Å²) >= 11 is 0. The molecule has 122 valence electrons. The number of hydrazone groups is 1. The van der Waals surface area contributed by atoms with Gasteiger partial charge in [0.2, 0.25) is 0 Å². The molecule has 24 heavy (non-hydrogen) atoms. The van der Waals surface area contributed by atoms with E-state index in [1.54, 1.807) is 11.8 Å². The fourth-order valence-electron chi connectivity index (χ4n) is 2.25. The monoisotopic (exact) mass is 323 g/mol. The maximum absolute atomic E-state index is 12.1. The van der Waals surface area contributed by atoms with Gasteiger partial charge in [-0.05, 0) is 48.9 Å². The van der Waals surface area contributed by atoms with Gasteiger partial charge < -0.3 is 4.74 Å². The van der Waals surface area contributed by atoms with E-state index >= 15 is 0 Å². The Hall–Kier alpha value is -3.22. The van der Waals surface area contributed by atoms with Crippen LogP contribution in [0.4, 0.5) is 0 Å². The van der Waals surface area contributed by atoms with Gasteiger partial charge in [-0.25, -0.2) is 10.1 Å². The van der Waals surface area contributed by atoms with Gasteiger partial charge in [0.25, 0.3) is 5.91 Å². The number of benzene rings is 2. The van der Waals surface area contributed by atoms with E-state index in [1.807, 2.05) is 55.5 Å². The minimum atomic E-state index is -0.265. The van der Waals surface area contributed by atoms with Crippen LogP contribution in [0.15, 0.2) is 53.6 Å². The summed E-state index contributed by atoms with van der Waals surface area (Å²) in [6.45, 7) is 1.88. The maximum atomic E-state index is 12.1. The molecule has 0 aliphatic heterocycles. The number of nitrogens with one attached hydrogen (secondary N) is 1. The maximum Gasteiger partial charge on any atom is 0.261 e. The minimum absolute atomic E-state index is 0.0555. The Labute approximate surface area is 138 Å². The topological polar surface area (TPSA) is 81.4 Å². The first-order valence-electron chi connectivity index (χ1n) is 7.43. The van der Waals surface area contributed by atoms with Crippen molar-refractivity contribution in [3.05, 3.63) is 54.1 Å². The summed E-state index contributed by atoms with van der Waals surface area (Å²) < 4.78 is 6.66. The fraction of sp³-hybridized carbons (Fsp3) is 0.176. The minimum Gasteiger partial charge on any atom is -0.497 e. The highest BCUT2D eigenvalue weighted by molar-refractivity contribution is 5.99. The summed E-state index contributed by atoms with van der Waals surface area (Å²) in [4.78, 5) is 12.1. The summed E-state index contributed by atoms with van der Waals surface area (Å²) in [7, 11) is 1.62. The molecule has 0 saturated carbocycles. The molecule has 0 saturated heterocycles. The van der Waals surface area contributed by atoms with E-state index in [1.165, 1.54) is 0 Å². The number of nitrogens with zero attached hydrogens (tertiary/aromatic N) is 4. The lowest BCUT2D eigenvalue weighted by Gasteiger charge is -2.05. The molecule has 3 aromatic rings. The standard InChI is InChI=1S/C17H17N5O2/c1-12(13-7-9-14(24-2)10-8-13)18-20-17(23)11-22-16-6-4-3-5-15(16)19-21-22/h3-10H,11H2,1-2H3,(H,20,23). The lowest BCUT2D eigenvalue weighted by Crippen LogP contribution is -2.24. The molecule has 7 heteroatoms. The van der Waals surface area contributed by atoms with Crippen molar-refractivity contribution < 1.29 is 9.53 Å². The van der Waals surface area contributed by atoms with Gasteiger partial charge in [-0.2, -0.15) is 5.10 Å². The molecular weight excluding hydrogens is 306 g/mol. The quantitative estimate of drug-likeness (QED) is 0.575. The smallest absolute Gasteiger partial charge is 0.261 e. The first-order valence-corrected chi connectivity index (χ1v) is 7.43. The number of rotatable bonds is 5. The first kappa shape index (κ1) is 15.7. The Kier molecular flexibility index (Phi) is 4.51. The number of methoxy groups -OCH3 is 1. The highest BCUT2D eigenvalue weighted by atomic mass is 16.5. The highest BCUT2D eigenvalue weighted by Crippen LogP contribution is 2.12. The number of para-hydroxylation sites is 1. The van der Waals surface area contributed by atoms with Crippen molar-refractivity contribution in [2.75, 3.05) is 7.11 Å². The SMILES string of the molecule is COc1ccc(C(C)=NNC(=O)Cn2nnc3ccccc32)cc1. The van der Waals surface area contributed by atoms with Gasteiger partial charge >= 0.3 is 0 Å². The summed E-state index contributed by atoms with van der Waals surface area (Å²) in [5, 5.41) is 12.1. The summed E-state index contributed by atoms with van der Waals surface area (Å²) in [6, 6.07) is 14.9. The number of aromatic nitrogens is 3. The van der Waals surface area contributed by atoms with Gasteiger partial charge in [-0.3, -0.25) is 4.79 Å². The third-order valence-electron chi connectivity index (χ3n) is 3.57. The number of carbonyl (C=O) groups is 1. The molecule has 0 bridgehead atoms. The predicted octanol–water partition coefficient (Wildman–Crippen LogP) is 1.98. The molecular formula is C17H17N5O2. The zero-order valence-electron chi connectivity index (χ0n) is 13.4. The van der Waals surface area contributed by atoms with Crippen LogP contribution in [0.2, 0.25) is 0 Å². The summed E-state index contributed by atoms with van der Waals surface area (Å²) in [5.74, 6) is 0.507. The van der Waals surface area contributed by atoms with Crippen LogP contribution in [0.5, 0.6) is 5.75 Å². The van der Waals surface area contributed by atoms with Crippen LogP contribution in [-0.4, -0.2) is 33.7 Å². The highest BCUT2D eigenvalue weighted by Gasteiger charge is 2.08. The zero-order chi connectivity index (χ0) is 16.9. The molecule has 1 N–H and O–H groups in total. The van der Waals surface area contributed by atoms with Gasteiger partial charge in [0.05, 0.1) is 18.3 Å². The summed E-state index contributed by atoms with van der Waals surface area (Å²) in [6.07, 6.45) is 0. The molecule has 1 aromatic heterocycles. The largest absolute Gasteiger partial charge is 0.497 e. The average molecular weight is 323 g/mol. The van der Waals surface area contributed by atoms with Gasteiger partial charge in [-0.15, -0.1) is 5.10 Å². The first-order chi connectivity index (χ1) is 11.7. The van der Waals surface area contributed by atoms with Crippen LogP contribution in [0, 0.1) is 0 Å². The van der Waals surface area contributed by atoms with E-state index in [4.69, 9.17) is 4.74 Å². The Bertz CT molecular complexity index is 883. The molecule has 0 aliphatic carbocycles. The molecule has 0 radical (unpaired) electrons. The van der Waals surface area contributed by atoms with Gasteiger partial charge in [0.1, 0.15) is 17.8 Å². The molecule has 0 fully saturated rings. The third-order valence-corrected chi connectivity index (χ3v) is 3.57. The van der Waals surface area contributed by atoms with Gasteiger partial charge in [-0.1, -0.05) is 17.3 Å². The van der Waals surface area contributed by atoms with Crippen LogP contribution < -0.4 is 10.2 Å². The van der Waals surface area contributed by atoms with Crippen molar-refractivity contribution >= 4 is 22.7 Å². The van der Waals surface area contributed by atoms with Crippen molar-refractivity contribution in [2.45, 2.75) is 13.5 Å².